The van der Waals surface area contributed by atoms with Crippen LogP contribution in [-0.2, 0) is 10.1 Å². The Morgan fingerprint density at radius 1 is 1.05 bits per heavy atom. The van der Waals surface area contributed by atoms with E-state index in [1.165, 1.54) is 12.1 Å². The Hall–Kier alpha value is -1.92. The molecular weight excluding hydrogens is 266 g/mol. The normalized spacial score (nSPS) is 10.3. The van der Waals surface area contributed by atoms with Crippen molar-refractivity contribution in [1.82, 2.24) is 0 Å². The van der Waals surface area contributed by atoms with E-state index in [-0.39, 0.29) is 4.90 Å². The molecule has 0 amide bonds. The van der Waals surface area contributed by atoms with E-state index in [0.29, 0.717) is 0 Å². The van der Waals surface area contributed by atoms with Gasteiger partial charge in [-0.1, -0.05) is 17.7 Å². The topological polar surface area (TPSA) is 80.6 Å². The second-order valence-corrected chi connectivity index (χ2v) is 5.09. The zero-order valence-electron chi connectivity index (χ0n) is 10.7. The molecule has 2 aromatic rings. The summed E-state index contributed by atoms with van der Waals surface area (Å²) in [6, 6.07) is 9.50. The zero-order chi connectivity index (χ0) is 14.3. The number of pyridine rings is 1. The third kappa shape index (κ3) is 5.50. The van der Waals surface area contributed by atoms with Crippen LogP contribution in [0, 0.1) is 6.92 Å². The Bertz CT molecular complexity index is 594. The van der Waals surface area contributed by atoms with Crippen molar-refractivity contribution in [3.05, 3.63) is 54.4 Å². The first kappa shape index (κ1) is 15.1. The number of methoxy groups -OCH3 is 1. The molecule has 5 nitrogen and oxygen atoms in total. The van der Waals surface area contributed by atoms with Gasteiger partial charge in [-0.05, 0) is 19.1 Å². The smallest absolute Gasteiger partial charge is 0.170 e. The molecule has 2 rings (SSSR count). The largest absolute Gasteiger partial charge is 0.744 e. The number of H-pyrrole nitrogens is 1. The van der Waals surface area contributed by atoms with Crippen LogP contribution in [0.4, 0.5) is 0 Å². The van der Waals surface area contributed by atoms with Gasteiger partial charge in [0.15, 0.2) is 12.4 Å². The van der Waals surface area contributed by atoms with E-state index in [4.69, 9.17) is 4.74 Å². The zero-order valence-corrected chi connectivity index (χ0v) is 11.5. The molecule has 102 valence electrons. The van der Waals surface area contributed by atoms with Gasteiger partial charge in [-0.2, -0.15) is 0 Å². The van der Waals surface area contributed by atoms with Gasteiger partial charge < -0.3 is 9.29 Å². The molecule has 19 heavy (non-hydrogen) atoms. The minimum Gasteiger partial charge on any atom is -0.744 e. The number of hydrogen-bond acceptors (Lipinski definition) is 4. The molecule has 0 aliphatic carbocycles. The van der Waals surface area contributed by atoms with Gasteiger partial charge in [0.05, 0.1) is 12.0 Å². The fourth-order valence-corrected chi connectivity index (χ4v) is 1.68. The molecule has 1 aromatic carbocycles. The van der Waals surface area contributed by atoms with Gasteiger partial charge >= 0.3 is 0 Å². The highest BCUT2D eigenvalue weighted by molar-refractivity contribution is 7.85. The van der Waals surface area contributed by atoms with Crippen LogP contribution >= 0.6 is 0 Å². The van der Waals surface area contributed by atoms with Crippen molar-refractivity contribution in [3.8, 4) is 5.75 Å². The minimum atomic E-state index is -4.27. The van der Waals surface area contributed by atoms with Gasteiger partial charge in [-0.25, -0.2) is 13.4 Å². The van der Waals surface area contributed by atoms with Crippen molar-refractivity contribution in [3.63, 3.8) is 0 Å². The summed E-state index contributed by atoms with van der Waals surface area (Å²) in [7, 11) is -2.62. The summed E-state index contributed by atoms with van der Waals surface area (Å²) in [6.07, 6.45) is 3.64. The Kier molecular flexibility index (Phi) is 5.47. The Morgan fingerprint density at radius 2 is 1.58 bits per heavy atom. The van der Waals surface area contributed by atoms with Crippen molar-refractivity contribution in [2.75, 3.05) is 7.11 Å². The van der Waals surface area contributed by atoms with E-state index in [1.54, 1.807) is 19.2 Å². The number of aromatic amines is 1. The Labute approximate surface area is 112 Å². The lowest BCUT2D eigenvalue weighted by molar-refractivity contribution is -0.378. The van der Waals surface area contributed by atoms with Crippen molar-refractivity contribution in [1.29, 1.82) is 0 Å². The van der Waals surface area contributed by atoms with E-state index in [1.807, 2.05) is 31.5 Å². The number of hydrogen-bond donors (Lipinski definition) is 0. The van der Waals surface area contributed by atoms with Gasteiger partial charge in [0, 0.05) is 12.1 Å². The first-order valence-corrected chi connectivity index (χ1v) is 6.87. The lowest BCUT2D eigenvalue weighted by Crippen LogP contribution is -1.97. The number of aryl methyl sites for hydroxylation is 1. The van der Waals surface area contributed by atoms with Crippen molar-refractivity contribution in [2.45, 2.75) is 11.8 Å². The molecule has 0 aliphatic heterocycles. The third-order valence-corrected chi connectivity index (χ3v) is 3.08. The van der Waals surface area contributed by atoms with Crippen molar-refractivity contribution < 1.29 is 22.7 Å². The SMILES string of the molecule is COc1cc[nH+]cc1.Cc1ccc(S(=O)(=O)[O-])cc1. The average Bonchev–Trinajstić information content (AvgIpc) is 2.40. The van der Waals surface area contributed by atoms with Crippen LogP contribution in [0.5, 0.6) is 5.75 Å². The number of benzene rings is 1. The van der Waals surface area contributed by atoms with E-state index < -0.39 is 10.1 Å². The fraction of sp³-hybridized carbons (Fsp3) is 0.154. The highest BCUT2D eigenvalue weighted by atomic mass is 32.2. The molecule has 0 saturated carbocycles. The highest BCUT2D eigenvalue weighted by Crippen LogP contribution is 2.08. The van der Waals surface area contributed by atoms with Crippen molar-refractivity contribution in [2.24, 2.45) is 0 Å². The van der Waals surface area contributed by atoms with Crippen LogP contribution in [-0.4, -0.2) is 20.1 Å². The molecule has 0 saturated heterocycles. The van der Waals surface area contributed by atoms with E-state index in [2.05, 4.69) is 4.98 Å². The summed E-state index contributed by atoms with van der Waals surface area (Å²) in [5.74, 6) is 0.878. The highest BCUT2D eigenvalue weighted by Gasteiger charge is 1.97. The van der Waals surface area contributed by atoms with Gasteiger partial charge in [-0.3, -0.25) is 0 Å². The molecule has 1 N–H and O–H groups in total. The first-order chi connectivity index (χ1) is 8.93. The second kappa shape index (κ2) is 6.86. The number of nitrogens with one attached hydrogen (secondary N) is 1. The van der Waals surface area contributed by atoms with Crippen LogP contribution < -0.4 is 9.72 Å². The maximum absolute atomic E-state index is 10.4. The maximum atomic E-state index is 10.4. The summed E-state index contributed by atoms with van der Waals surface area (Å²) < 4.78 is 36.1. The molecule has 1 aromatic heterocycles. The molecule has 0 fully saturated rings. The Balaban J connectivity index is 0.000000200. The number of ether oxygens (including phenoxy) is 1. The molecule has 0 aliphatic rings. The predicted molar refractivity (Wildman–Crippen MR) is 68.7 cm³/mol. The molecule has 0 bridgehead atoms. The van der Waals surface area contributed by atoms with E-state index in [9.17, 15) is 13.0 Å². The standard InChI is InChI=1S/C7H8O3S.C6H7NO/c1-6-2-4-7(5-3-6)11(8,9)10;1-8-6-2-4-7-5-3-6/h2-5H,1H3,(H,8,9,10);2-5H,1H3. The summed E-state index contributed by atoms with van der Waals surface area (Å²) in [5, 5.41) is 0. The Morgan fingerprint density at radius 3 is 1.95 bits per heavy atom. The summed E-state index contributed by atoms with van der Waals surface area (Å²) in [6.45, 7) is 1.82. The molecule has 0 unspecified atom stereocenters. The molecular formula is C13H15NO4S. The van der Waals surface area contributed by atoms with Gasteiger partial charge in [-0.15, -0.1) is 0 Å². The fourth-order valence-electron chi connectivity index (χ4n) is 1.21. The number of aromatic nitrogens is 1. The molecule has 0 radical (unpaired) electrons. The van der Waals surface area contributed by atoms with Crippen LogP contribution in [0.1, 0.15) is 5.56 Å². The average molecular weight is 281 g/mol. The number of rotatable bonds is 2. The van der Waals surface area contributed by atoms with E-state index in [0.717, 1.165) is 11.3 Å². The molecule has 0 atom stereocenters. The lowest BCUT2D eigenvalue weighted by Gasteiger charge is -2.05. The minimum absolute atomic E-state index is 0.178. The third-order valence-electron chi connectivity index (χ3n) is 2.23. The van der Waals surface area contributed by atoms with Crippen LogP contribution in [0.25, 0.3) is 0 Å². The van der Waals surface area contributed by atoms with Gasteiger partial charge in [0.25, 0.3) is 0 Å². The van der Waals surface area contributed by atoms with Gasteiger partial charge in [0.1, 0.15) is 15.9 Å². The lowest BCUT2D eigenvalue weighted by atomic mass is 10.2. The monoisotopic (exact) mass is 281 g/mol. The van der Waals surface area contributed by atoms with Crippen LogP contribution in [0.3, 0.4) is 0 Å². The first-order valence-electron chi connectivity index (χ1n) is 5.46. The van der Waals surface area contributed by atoms with Gasteiger partial charge in [0.2, 0.25) is 0 Å². The molecule has 1 heterocycles. The summed E-state index contributed by atoms with van der Waals surface area (Å²) in [5.41, 5.74) is 0.928. The maximum Gasteiger partial charge on any atom is 0.170 e. The van der Waals surface area contributed by atoms with Crippen molar-refractivity contribution >= 4 is 10.1 Å². The molecule has 6 heteroatoms. The summed E-state index contributed by atoms with van der Waals surface area (Å²) >= 11 is 0. The van der Waals surface area contributed by atoms with Crippen LogP contribution in [0.2, 0.25) is 0 Å². The molecule has 0 spiro atoms. The second-order valence-electron chi connectivity index (χ2n) is 3.71. The quantitative estimate of drug-likeness (QED) is 0.779. The predicted octanol–water partition coefficient (Wildman–Crippen LogP) is 1.41. The van der Waals surface area contributed by atoms with E-state index >= 15 is 0 Å². The van der Waals surface area contributed by atoms with Crippen LogP contribution in [0.15, 0.2) is 53.7 Å². The summed E-state index contributed by atoms with van der Waals surface area (Å²) in [4.78, 5) is 2.71.